The normalized spacial score (nSPS) is 11.5. The highest BCUT2D eigenvalue weighted by Gasteiger charge is 2.02. The van der Waals surface area contributed by atoms with E-state index in [9.17, 15) is 0 Å². The van der Waals surface area contributed by atoms with Gasteiger partial charge in [0.2, 0.25) is 0 Å². The third kappa shape index (κ3) is 6.66. The number of rotatable bonds is 7. The summed E-state index contributed by atoms with van der Waals surface area (Å²) >= 11 is 0. The van der Waals surface area contributed by atoms with Crippen molar-refractivity contribution in [3.05, 3.63) is 0 Å². The fraction of sp³-hybridized carbons (Fsp3) is 1.00. The van der Waals surface area contributed by atoms with E-state index in [1.165, 1.54) is 32.4 Å². The molecule has 0 aliphatic rings. The maximum absolute atomic E-state index is 3.48. The van der Waals surface area contributed by atoms with Crippen LogP contribution in [0.5, 0.6) is 0 Å². The molecule has 0 amide bonds. The van der Waals surface area contributed by atoms with Gasteiger partial charge in [0.25, 0.3) is 0 Å². The van der Waals surface area contributed by atoms with Gasteiger partial charge in [-0.3, -0.25) is 0 Å². The fourth-order valence-corrected chi connectivity index (χ4v) is 1.39. The zero-order valence-electron chi connectivity index (χ0n) is 9.19. The van der Waals surface area contributed by atoms with E-state index in [0.717, 1.165) is 11.8 Å². The molecule has 0 unspecified atom stereocenters. The molecule has 0 aromatic rings. The van der Waals surface area contributed by atoms with E-state index in [1.807, 2.05) is 0 Å². The van der Waals surface area contributed by atoms with Gasteiger partial charge < -0.3 is 5.32 Å². The Morgan fingerprint density at radius 3 is 2.08 bits per heavy atom. The molecule has 1 nitrogen and oxygen atoms in total. The molecular weight excluding hydrogens is 146 g/mol. The molecule has 0 rings (SSSR count). The Balaban J connectivity index is 3.17. The first kappa shape index (κ1) is 12.0. The molecule has 0 aliphatic heterocycles. The Kier molecular flexibility index (Phi) is 7.58. The minimum atomic E-state index is 0.784. The van der Waals surface area contributed by atoms with Crippen molar-refractivity contribution < 1.29 is 0 Å². The molecule has 0 atom stereocenters. The van der Waals surface area contributed by atoms with Crippen LogP contribution in [0.2, 0.25) is 0 Å². The summed E-state index contributed by atoms with van der Waals surface area (Å²) in [6, 6.07) is 0. The van der Waals surface area contributed by atoms with Crippen molar-refractivity contribution in [2.24, 2.45) is 11.8 Å². The summed E-state index contributed by atoms with van der Waals surface area (Å²) in [7, 11) is 0. The summed E-state index contributed by atoms with van der Waals surface area (Å²) in [5.74, 6) is 1.72. The molecule has 74 valence electrons. The largest absolute Gasteiger partial charge is 0.316 e. The lowest BCUT2D eigenvalue weighted by molar-refractivity contribution is 0.428. The van der Waals surface area contributed by atoms with Gasteiger partial charge in [-0.05, 0) is 31.3 Å². The van der Waals surface area contributed by atoms with Gasteiger partial charge in [-0.25, -0.2) is 0 Å². The van der Waals surface area contributed by atoms with Crippen LogP contribution in [-0.4, -0.2) is 13.1 Å². The van der Waals surface area contributed by atoms with Crippen LogP contribution in [0, 0.1) is 11.8 Å². The molecule has 0 aliphatic carbocycles. The van der Waals surface area contributed by atoms with Crippen LogP contribution < -0.4 is 5.32 Å². The van der Waals surface area contributed by atoms with E-state index in [0.29, 0.717) is 0 Å². The smallest absolute Gasteiger partial charge is 0.00258 e. The number of nitrogens with one attached hydrogen (secondary N) is 1. The molecule has 0 saturated carbocycles. The summed E-state index contributed by atoms with van der Waals surface area (Å²) in [4.78, 5) is 0. The molecule has 0 bridgehead atoms. The molecule has 0 aromatic heterocycles. The topological polar surface area (TPSA) is 12.0 Å². The van der Waals surface area contributed by atoms with Gasteiger partial charge in [0.15, 0.2) is 0 Å². The minimum absolute atomic E-state index is 0.784. The van der Waals surface area contributed by atoms with Gasteiger partial charge in [0, 0.05) is 0 Å². The highest BCUT2D eigenvalue weighted by molar-refractivity contribution is 4.58. The van der Waals surface area contributed by atoms with Gasteiger partial charge in [-0.2, -0.15) is 0 Å². The van der Waals surface area contributed by atoms with Crippen molar-refractivity contribution in [2.45, 2.75) is 47.0 Å². The van der Waals surface area contributed by atoms with Crippen molar-refractivity contribution >= 4 is 0 Å². The monoisotopic (exact) mass is 171 g/mol. The number of hydrogen-bond acceptors (Lipinski definition) is 1. The molecule has 0 heterocycles. The third-order valence-corrected chi connectivity index (χ3v) is 2.44. The zero-order chi connectivity index (χ0) is 9.40. The average molecular weight is 171 g/mol. The second kappa shape index (κ2) is 7.60. The van der Waals surface area contributed by atoms with Crippen LogP contribution in [-0.2, 0) is 0 Å². The molecule has 0 aromatic carbocycles. The van der Waals surface area contributed by atoms with E-state index in [-0.39, 0.29) is 0 Å². The van der Waals surface area contributed by atoms with Crippen LogP contribution in [0.4, 0.5) is 0 Å². The van der Waals surface area contributed by atoms with Crippen LogP contribution in [0.3, 0.4) is 0 Å². The second-order valence-corrected chi connectivity index (χ2v) is 4.07. The van der Waals surface area contributed by atoms with Crippen LogP contribution in [0.1, 0.15) is 47.0 Å². The molecular formula is C11H25N. The lowest BCUT2D eigenvalue weighted by atomic mass is 10.00. The van der Waals surface area contributed by atoms with E-state index >= 15 is 0 Å². The van der Waals surface area contributed by atoms with E-state index in [4.69, 9.17) is 0 Å². The van der Waals surface area contributed by atoms with Crippen LogP contribution in [0.15, 0.2) is 0 Å². The van der Waals surface area contributed by atoms with Crippen molar-refractivity contribution in [1.29, 1.82) is 0 Å². The Morgan fingerprint density at radius 2 is 1.67 bits per heavy atom. The Bertz CT molecular complexity index is 85.0. The van der Waals surface area contributed by atoms with Crippen molar-refractivity contribution in [1.82, 2.24) is 5.32 Å². The van der Waals surface area contributed by atoms with E-state index < -0.39 is 0 Å². The quantitative estimate of drug-likeness (QED) is 0.580. The molecule has 12 heavy (non-hydrogen) atoms. The zero-order valence-corrected chi connectivity index (χ0v) is 9.19. The highest BCUT2D eigenvalue weighted by Crippen LogP contribution is 2.10. The lowest BCUT2D eigenvalue weighted by Gasteiger charge is -2.13. The Hall–Kier alpha value is -0.0400. The Morgan fingerprint density at radius 1 is 1.08 bits per heavy atom. The number of hydrogen-bond donors (Lipinski definition) is 1. The van der Waals surface area contributed by atoms with Crippen molar-refractivity contribution in [2.75, 3.05) is 13.1 Å². The van der Waals surface area contributed by atoms with E-state index in [2.05, 4.69) is 33.0 Å². The van der Waals surface area contributed by atoms with Crippen LogP contribution >= 0.6 is 0 Å². The highest BCUT2D eigenvalue weighted by atomic mass is 14.8. The first-order chi connectivity index (χ1) is 5.70. The van der Waals surface area contributed by atoms with Gasteiger partial charge in [0.05, 0.1) is 0 Å². The van der Waals surface area contributed by atoms with E-state index in [1.54, 1.807) is 0 Å². The summed E-state index contributed by atoms with van der Waals surface area (Å²) in [5.41, 5.74) is 0. The Labute approximate surface area is 77.9 Å². The first-order valence-corrected chi connectivity index (χ1v) is 5.41. The second-order valence-electron chi connectivity index (χ2n) is 4.07. The minimum Gasteiger partial charge on any atom is -0.316 e. The predicted octanol–water partition coefficient (Wildman–Crippen LogP) is 3.06. The summed E-state index contributed by atoms with van der Waals surface area (Å²) in [5, 5.41) is 3.48. The average Bonchev–Trinajstić information content (AvgIpc) is 2.04. The molecule has 0 radical (unpaired) electrons. The molecule has 1 N–H and O–H groups in total. The van der Waals surface area contributed by atoms with Gasteiger partial charge in [-0.15, -0.1) is 0 Å². The summed E-state index contributed by atoms with van der Waals surface area (Å²) in [6.45, 7) is 11.5. The summed E-state index contributed by atoms with van der Waals surface area (Å²) < 4.78 is 0. The van der Waals surface area contributed by atoms with Gasteiger partial charge >= 0.3 is 0 Å². The first-order valence-electron chi connectivity index (χ1n) is 5.41. The summed E-state index contributed by atoms with van der Waals surface area (Å²) in [6.07, 6.45) is 4.01. The van der Waals surface area contributed by atoms with Crippen molar-refractivity contribution in [3.63, 3.8) is 0 Å². The fourth-order valence-electron chi connectivity index (χ4n) is 1.39. The third-order valence-electron chi connectivity index (χ3n) is 2.44. The molecule has 0 saturated heterocycles. The maximum Gasteiger partial charge on any atom is -0.00258 e. The lowest BCUT2D eigenvalue weighted by Crippen LogP contribution is -2.22. The molecule has 0 spiro atoms. The standard InChI is InChI=1S/C11H25N/c1-5-11(6-2)7-8-12-9-10(3)4/h10-12H,5-9H2,1-4H3. The molecule has 1 heteroatoms. The van der Waals surface area contributed by atoms with Gasteiger partial charge in [0.1, 0.15) is 0 Å². The van der Waals surface area contributed by atoms with Crippen LogP contribution in [0.25, 0.3) is 0 Å². The maximum atomic E-state index is 3.48. The van der Waals surface area contributed by atoms with Crippen molar-refractivity contribution in [3.8, 4) is 0 Å². The van der Waals surface area contributed by atoms with Gasteiger partial charge in [-0.1, -0.05) is 40.5 Å². The predicted molar refractivity (Wildman–Crippen MR) is 56.4 cm³/mol. The molecule has 0 fully saturated rings. The SMILES string of the molecule is CCC(CC)CCNCC(C)C.